The summed E-state index contributed by atoms with van der Waals surface area (Å²) in [6, 6.07) is 10.4. The minimum Gasteiger partial charge on any atom is -0.309 e. The first-order chi connectivity index (χ1) is 9.22. The van der Waals surface area contributed by atoms with E-state index >= 15 is 0 Å². The molecule has 0 radical (unpaired) electrons. The molecule has 0 bridgehead atoms. The Morgan fingerprint density at radius 3 is 2.74 bits per heavy atom. The lowest BCUT2D eigenvalue weighted by Crippen LogP contribution is -2.26. The fourth-order valence-electron chi connectivity index (χ4n) is 2.14. The second-order valence-electron chi connectivity index (χ2n) is 4.62. The maximum absolute atomic E-state index is 6.06. The van der Waals surface area contributed by atoms with Crippen LogP contribution in [0.25, 0.3) is 0 Å². The fourth-order valence-corrected chi connectivity index (χ4v) is 3.38. The third-order valence-electron chi connectivity index (χ3n) is 3.17. The third kappa shape index (κ3) is 3.78. The van der Waals surface area contributed by atoms with Crippen LogP contribution in [0.15, 0.2) is 36.5 Å². The molecule has 0 aliphatic heterocycles. The molecule has 1 N–H and O–H groups in total. The number of thiophene rings is 1. The number of pyridine rings is 1. The van der Waals surface area contributed by atoms with E-state index < -0.39 is 0 Å². The molecular formula is C15H19ClN2S. The second-order valence-corrected chi connectivity index (χ2v) is 6.36. The molecule has 0 aliphatic rings. The van der Waals surface area contributed by atoms with Crippen LogP contribution in [0, 0.1) is 0 Å². The number of aromatic nitrogens is 1. The van der Waals surface area contributed by atoms with E-state index in [1.165, 1.54) is 4.88 Å². The van der Waals surface area contributed by atoms with Crippen molar-refractivity contribution in [2.75, 3.05) is 6.54 Å². The van der Waals surface area contributed by atoms with Gasteiger partial charge < -0.3 is 5.32 Å². The molecule has 0 amide bonds. The van der Waals surface area contributed by atoms with E-state index in [1.54, 1.807) is 11.3 Å². The lowest BCUT2D eigenvalue weighted by Gasteiger charge is -2.24. The predicted molar refractivity (Wildman–Crippen MR) is 83.0 cm³/mol. The van der Waals surface area contributed by atoms with Crippen molar-refractivity contribution in [3.05, 3.63) is 51.4 Å². The van der Waals surface area contributed by atoms with Gasteiger partial charge in [-0.25, -0.2) is 0 Å². The molecule has 2 aromatic rings. The molecule has 0 saturated carbocycles. The number of hydrogen-bond acceptors (Lipinski definition) is 3. The van der Waals surface area contributed by atoms with Crippen LogP contribution in [-0.2, 0) is 0 Å². The zero-order valence-electron chi connectivity index (χ0n) is 11.3. The van der Waals surface area contributed by atoms with E-state index in [4.69, 9.17) is 11.6 Å². The van der Waals surface area contributed by atoms with Crippen LogP contribution >= 0.6 is 22.9 Å². The number of hydrogen-bond donors (Lipinski definition) is 1. The van der Waals surface area contributed by atoms with Crippen LogP contribution < -0.4 is 5.32 Å². The summed E-state index contributed by atoms with van der Waals surface area (Å²) < 4.78 is 0.839. The molecule has 0 spiro atoms. The molecule has 2 heterocycles. The van der Waals surface area contributed by atoms with Crippen LogP contribution in [0.2, 0.25) is 4.34 Å². The Morgan fingerprint density at radius 2 is 2.16 bits per heavy atom. The number of rotatable bonds is 6. The van der Waals surface area contributed by atoms with Gasteiger partial charge in [-0.05, 0) is 37.2 Å². The molecule has 0 aliphatic carbocycles. The van der Waals surface area contributed by atoms with Crippen LogP contribution in [0.3, 0.4) is 0 Å². The highest BCUT2D eigenvalue weighted by molar-refractivity contribution is 7.16. The predicted octanol–water partition coefficient (Wildman–Crippen LogP) is 4.64. The van der Waals surface area contributed by atoms with E-state index in [-0.39, 0.29) is 6.04 Å². The molecule has 0 saturated heterocycles. The first kappa shape index (κ1) is 14.5. The summed E-state index contributed by atoms with van der Waals surface area (Å²) in [4.78, 5) is 5.75. The van der Waals surface area contributed by atoms with Gasteiger partial charge in [0.25, 0.3) is 0 Å². The summed E-state index contributed by atoms with van der Waals surface area (Å²) in [7, 11) is 0. The van der Waals surface area contributed by atoms with Gasteiger partial charge in [-0.1, -0.05) is 31.5 Å². The van der Waals surface area contributed by atoms with Crippen molar-refractivity contribution < 1.29 is 0 Å². The maximum atomic E-state index is 6.06. The smallest absolute Gasteiger partial charge is 0.0931 e. The molecular weight excluding hydrogens is 276 g/mol. The van der Waals surface area contributed by atoms with E-state index in [0.29, 0.717) is 5.92 Å². The number of halogens is 1. The number of nitrogens with one attached hydrogen (secondary N) is 1. The zero-order chi connectivity index (χ0) is 13.7. The summed E-state index contributed by atoms with van der Waals surface area (Å²) in [6.07, 6.45) is 2.97. The Morgan fingerprint density at radius 1 is 1.32 bits per heavy atom. The summed E-state index contributed by atoms with van der Waals surface area (Å²) in [5.74, 6) is 0.322. The van der Waals surface area contributed by atoms with Crippen molar-refractivity contribution in [3.63, 3.8) is 0 Å². The van der Waals surface area contributed by atoms with E-state index in [1.807, 2.05) is 24.4 Å². The lowest BCUT2D eigenvalue weighted by molar-refractivity contribution is 0.466. The normalized spacial score (nSPS) is 14.3. The SMILES string of the molecule is CCCNC(c1ccc(Cl)s1)C(C)c1ccccn1. The molecule has 2 unspecified atom stereocenters. The largest absolute Gasteiger partial charge is 0.309 e. The average Bonchev–Trinajstić information content (AvgIpc) is 2.86. The van der Waals surface area contributed by atoms with Gasteiger partial charge in [-0.3, -0.25) is 4.98 Å². The summed E-state index contributed by atoms with van der Waals surface area (Å²) in [6.45, 7) is 5.39. The highest BCUT2D eigenvalue weighted by Crippen LogP contribution is 2.35. The van der Waals surface area contributed by atoms with Gasteiger partial charge >= 0.3 is 0 Å². The third-order valence-corrected chi connectivity index (χ3v) is 4.48. The van der Waals surface area contributed by atoms with Crippen LogP contribution in [0.1, 0.15) is 42.8 Å². The first-order valence-corrected chi connectivity index (χ1v) is 7.81. The highest BCUT2D eigenvalue weighted by Gasteiger charge is 2.22. The van der Waals surface area contributed by atoms with E-state index in [9.17, 15) is 0 Å². The zero-order valence-corrected chi connectivity index (χ0v) is 12.8. The monoisotopic (exact) mass is 294 g/mol. The molecule has 0 aromatic carbocycles. The average molecular weight is 295 g/mol. The topological polar surface area (TPSA) is 24.9 Å². The van der Waals surface area contributed by atoms with Gasteiger partial charge in [0.15, 0.2) is 0 Å². The van der Waals surface area contributed by atoms with Crippen molar-refractivity contribution in [3.8, 4) is 0 Å². The Labute approximate surface area is 123 Å². The summed E-state index contributed by atoms with van der Waals surface area (Å²) in [5.41, 5.74) is 1.11. The Kier molecular flexibility index (Phi) is 5.37. The standard InChI is InChI=1S/C15H19ClN2S/c1-3-9-18-15(13-7-8-14(16)19-13)11(2)12-6-4-5-10-17-12/h4-8,10-11,15,18H,3,9H2,1-2H3. The van der Waals surface area contributed by atoms with Gasteiger partial charge in [0.1, 0.15) is 0 Å². The fraction of sp³-hybridized carbons (Fsp3) is 0.400. The molecule has 2 nitrogen and oxygen atoms in total. The van der Waals surface area contributed by atoms with Crippen LogP contribution in [0.4, 0.5) is 0 Å². The van der Waals surface area contributed by atoms with Gasteiger partial charge in [-0.2, -0.15) is 0 Å². The van der Waals surface area contributed by atoms with Gasteiger partial charge in [0.2, 0.25) is 0 Å². The quantitative estimate of drug-likeness (QED) is 0.839. The van der Waals surface area contributed by atoms with Crippen LogP contribution in [-0.4, -0.2) is 11.5 Å². The Bertz CT molecular complexity index is 498. The van der Waals surface area contributed by atoms with Crippen molar-refractivity contribution in [1.82, 2.24) is 10.3 Å². The minimum absolute atomic E-state index is 0.271. The second kappa shape index (κ2) is 7.04. The molecule has 19 heavy (non-hydrogen) atoms. The maximum Gasteiger partial charge on any atom is 0.0931 e. The van der Waals surface area contributed by atoms with Crippen molar-refractivity contribution in [2.24, 2.45) is 0 Å². The molecule has 2 rings (SSSR count). The summed E-state index contributed by atoms with van der Waals surface area (Å²) in [5, 5.41) is 3.61. The van der Waals surface area contributed by atoms with Gasteiger partial charge in [0, 0.05) is 28.7 Å². The molecule has 0 fully saturated rings. The first-order valence-electron chi connectivity index (χ1n) is 6.62. The minimum atomic E-state index is 0.271. The molecule has 4 heteroatoms. The van der Waals surface area contributed by atoms with Crippen molar-refractivity contribution in [1.29, 1.82) is 0 Å². The Balaban J connectivity index is 2.22. The van der Waals surface area contributed by atoms with E-state index in [2.05, 4.69) is 36.3 Å². The van der Waals surface area contributed by atoms with Crippen molar-refractivity contribution >= 4 is 22.9 Å². The van der Waals surface area contributed by atoms with Crippen molar-refractivity contribution in [2.45, 2.75) is 32.2 Å². The summed E-state index contributed by atoms with van der Waals surface area (Å²) >= 11 is 7.71. The van der Waals surface area contributed by atoms with E-state index in [0.717, 1.165) is 23.0 Å². The number of nitrogens with zero attached hydrogens (tertiary/aromatic N) is 1. The van der Waals surface area contributed by atoms with Gasteiger partial charge in [0.05, 0.1) is 4.34 Å². The highest BCUT2D eigenvalue weighted by atomic mass is 35.5. The lowest BCUT2D eigenvalue weighted by atomic mass is 9.96. The Hall–Kier alpha value is -0.900. The molecule has 102 valence electrons. The van der Waals surface area contributed by atoms with Gasteiger partial charge in [-0.15, -0.1) is 11.3 Å². The van der Waals surface area contributed by atoms with Crippen LogP contribution in [0.5, 0.6) is 0 Å². The molecule has 2 aromatic heterocycles. The molecule has 2 atom stereocenters.